The molecule has 2 aromatic carbocycles. The molecule has 27 heavy (non-hydrogen) atoms. The lowest BCUT2D eigenvalue weighted by atomic mass is 10.1. The quantitative estimate of drug-likeness (QED) is 0.787. The Kier molecular flexibility index (Phi) is 6.35. The molecule has 0 aliphatic carbocycles. The van der Waals surface area contributed by atoms with E-state index in [4.69, 9.17) is 4.74 Å². The fraction of sp³-hybridized carbons (Fsp3) is 0.409. The number of piperazine rings is 1. The molecule has 0 bridgehead atoms. The van der Waals surface area contributed by atoms with Crippen LogP contribution in [-0.2, 0) is 11.3 Å². The van der Waals surface area contributed by atoms with Crippen LogP contribution in [0.1, 0.15) is 11.1 Å². The lowest BCUT2D eigenvalue weighted by Crippen LogP contribution is -2.49. The Morgan fingerprint density at radius 3 is 2.44 bits per heavy atom. The van der Waals surface area contributed by atoms with Crippen molar-refractivity contribution >= 4 is 11.6 Å². The van der Waals surface area contributed by atoms with Gasteiger partial charge in [-0.05, 0) is 24.6 Å². The number of carbonyl (C=O) groups is 1. The van der Waals surface area contributed by atoms with E-state index in [1.165, 1.54) is 16.8 Å². The van der Waals surface area contributed by atoms with Crippen molar-refractivity contribution in [2.24, 2.45) is 0 Å². The molecule has 0 unspecified atom stereocenters. The molecular weight excluding hydrogens is 338 g/mol. The summed E-state index contributed by atoms with van der Waals surface area (Å²) in [5.74, 6) is 1.05. The second-order valence-electron chi connectivity index (χ2n) is 7.20. The average Bonchev–Trinajstić information content (AvgIpc) is 2.70. The van der Waals surface area contributed by atoms with Gasteiger partial charge in [-0.2, -0.15) is 0 Å². The number of nitrogens with zero attached hydrogens (tertiary/aromatic N) is 3. The molecule has 0 radical (unpaired) electrons. The molecule has 2 aromatic rings. The smallest absolute Gasteiger partial charge is 0.236 e. The van der Waals surface area contributed by atoms with Gasteiger partial charge in [-0.1, -0.05) is 35.9 Å². The highest BCUT2D eigenvalue weighted by atomic mass is 16.5. The molecule has 1 amide bonds. The molecule has 1 heterocycles. The van der Waals surface area contributed by atoms with Crippen LogP contribution in [0.4, 0.5) is 5.69 Å². The van der Waals surface area contributed by atoms with E-state index in [0.29, 0.717) is 13.1 Å². The first kappa shape index (κ1) is 19.2. The number of ether oxygens (including phenoxy) is 1. The van der Waals surface area contributed by atoms with Crippen LogP contribution in [-0.4, -0.2) is 62.6 Å². The molecule has 1 aliphatic heterocycles. The molecule has 1 fully saturated rings. The number of aryl methyl sites for hydroxylation is 1. The normalized spacial score (nSPS) is 14.9. The minimum absolute atomic E-state index is 0.172. The molecule has 5 nitrogen and oxygen atoms in total. The van der Waals surface area contributed by atoms with Gasteiger partial charge in [0, 0.05) is 51.5 Å². The summed E-state index contributed by atoms with van der Waals surface area (Å²) in [6.07, 6.45) is 0. The maximum atomic E-state index is 12.6. The van der Waals surface area contributed by atoms with Gasteiger partial charge in [0.25, 0.3) is 0 Å². The predicted octanol–water partition coefficient (Wildman–Crippen LogP) is 2.78. The van der Waals surface area contributed by atoms with Gasteiger partial charge in [0.05, 0.1) is 13.7 Å². The number of likely N-dealkylation sites (N-methyl/N-ethyl adjacent to an activating group) is 1. The molecule has 3 rings (SSSR count). The highest BCUT2D eigenvalue weighted by Gasteiger charge is 2.21. The highest BCUT2D eigenvalue weighted by Crippen LogP contribution is 2.22. The first-order chi connectivity index (χ1) is 13.0. The van der Waals surface area contributed by atoms with Crippen molar-refractivity contribution in [3.8, 4) is 5.75 Å². The number of hydrogen-bond donors (Lipinski definition) is 0. The standard InChI is InChI=1S/C22H29N3O2/c1-18-7-9-19(10-8-18)16-23(2)22(26)17-24-11-13-25(14-12-24)20-5-4-6-21(15-20)27-3/h4-10,15H,11-14,16-17H2,1-3H3. The number of benzene rings is 2. The molecule has 144 valence electrons. The van der Waals surface area contributed by atoms with Gasteiger partial charge in [-0.15, -0.1) is 0 Å². The Hall–Kier alpha value is -2.53. The van der Waals surface area contributed by atoms with E-state index in [1.54, 1.807) is 7.11 Å². The van der Waals surface area contributed by atoms with Crippen molar-refractivity contribution in [1.29, 1.82) is 0 Å². The van der Waals surface area contributed by atoms with Crippen molar-refractivity contribution < 1.29 is 9.53 Å². The lowest BCUT2D eigenvalue weighted by molar-refractivity contribution is -0.131. The summed E-state index contributed by atoms with van der Waals surface area (Å²) in [6.45, 7) is 6.83. The summed E-state index contributed by atoms with van der Waals surface area (Å²) < 4.78 is 5.31. The summed E-state index contributed by atoms with van der Waals surface area (Å²) in [4.78, 5) is 19.0. The van der Waals surface area contributed by atoms with Crippen LogP contribution in [0.5, 0.6) is 5.75 Å². The molecule has 1 saturated heterocycles. The van der Waals surface area contributed by atoms with Crippen molar-refractivity contribution in [1.82, 2.24) is 9.80 Å². The van der Waals surface area contributed by atoms with Gasteiger partial charge in [0.15, 0.2) is 0 Å². The van der Waals surface area contributed by atoms with Crippen molar-refractivity contribution in [3.05, 3.63) is 59.7 Å². The summed E-state index contributed by atoms with van der Waals surface area (Å²) in [7, 11) is 3.57. The van der Waals surface area contributed by atoms with Crippen LogP contribution in [0.15, 0.2) is 48.5 Å². The van der Waals surface area contributed by atoms with E-state index in [2.05, 4.69) is 53.1 Å². The third kappa shape index (κ3) is 5.23. The van der Waals surface area contributed by atoms with Gasteiger partial charge in [0.1, 0.15) is 5.75 Å². The van der Waals surface area contributed by atoms with E-state index in [0.717, 1.165) is 31.9 Å². The topological polar surface area (TPSA) is 36.0 Å². The second kappa shape index (κ2) is 8.91. The second-order valence-corrected chi connectivity index (χ2v) is 7.20. The zero-order chi connectivity index (χ0) is 19.2. The predicted molar refractivity (Wildman–Crippen MR) is 109 cm³/mol. The van der Waals surface area contributed by atoms with E-state index >= 15 is 0 Å². The van der Waals surface area contributed by atoms with Gasteiger partial charge in [-0.3, -0.25) is 9.69 Å². The molecular formula is C22H29N3O2. The number of methoxy groups -OCH3 is 1. The van der Waals surface area contributed by atoms with E-state index in [-0.39, 0.29) is 5.91 Å². The Labute approximate surface area is 162 Å². The largest absolute Gasteiger partial charge is 0.497 e. The highest BCUT2D eigenvalue weighted by molar-refractivity contribution is 5.78. The third-order valence-electron chi connectivity index (χ3n) is 5.12. The summed E-state index contributed by atoms with van der Waals surface area (Å²) in [5.41, 5.74) is 3.58. The summed E-state index contributed by atoms with van der Waals surface area (Å²) in [5, 5.41) is 0. The molecule has 0 saturated carbocycles. The van der Waals surface area contributed by atoms with Crippen molar-refractivity contribution in [2.75, 3.05) is 51.8 Å². The van der Waals surface area contributed by atoms with Gasteiger partial charge >= 0.3 is 0 Å². The fourth-order valence-electron chi connectivity index (χ4n) is 3.34. The van der Waals surface area contributed by atoms with Crippen LogP contribution in [0.3, 0.4) is 0 Å². The first-order valence-corrected chi connectivity index (χ1v) is 9.46. The maximum Gasteiger partial charge on any atom is 0.236 e. The Morgan fingerprint density at radius 2 is 1.78 bits per heavy atom. The average molecular weight is 367 g/mol. The zero-order valence-corrected chi connectivity index (χ0v) is 16.5. The number of anilines is 1. The van der Waals surface area contributed by atoms with E-state index in [9.17, 15) is 4.79 Å². The summed E-state index contributed by atoms with van der Waals surface area (Å²) >= 11 is 0. The molecule has 0 aromatic heterocycles. The number of hydrogen-bond acceptors (Lipinski definition) is 4. The van der Waals surface area contributed by atoms with Gasteiger partial charge < -0.3 is 14.5 Å². The zero-order valence-electron chi connectivity index (χ0n) is 16.5. The SMILES string of the molecule is COc1cccc(N2CCN(CC(=O)N(C)Cc3ccc(C)cc3)CC2)c1. The van der Waals surface area contributed by atoms with Gasteiger partial charge in [0.2, 0.25) is 5.91 Å². The lowest BCUT2D eigenvalue weighted by Gasteiger charge is -2.36. The molecule has 1 aliphatic rings. The Balaban J connectivity index is 1.48. The molecule has 0 atom stereocenters. The van der Waals surface area contributed by atoms with E-state index in [1.807, 2.05) is 24.1 Å². The Bertz CT molecular complexity index is 752. The fourth-order valence-corrected chi connectivity index (χ4v) is 3.34. The van der Waals surface area contributed by atoms with Crippen molar-refractivity contribution in [3.63, 3.8) is 0 Å². The summed E-state index contributed by atoms with van der Waals surface area (Å²) in [6, 6.07) is 16.5. The monoisotopic (exact) mass is 367 g/mol. The van der Waals surface area contributed by atoms with E-state index < -0.39 is 0 Å². The molecule has 0 N–H and O–H groups in total. The first-order valence-electron chi connectivity index (χ1n) is 9.46. The Morgan fingerprint density at radius 1 is 1.07 bits per heavy atom. The maximum absolute atomic E-state index is 12.6. The van der Waals surface area contributed by atoms with Crippen LogP contribution in [0, 0.1) is 6.92 Å². The van der Waals surface area contributed by atoms with Crippen LogP contribution < -0.4 is 9.64 Å². The van der Waals surface area contributed by atoms with Crippen LogP contribution >= 0.6 is 0 Å². The number of carbonyl (C=O) groups excluding carboxylic acids is 1. The van der Waals surface area contributed by atoms with Crippen molar-refractivity contribution in [2.45, 2.75) is 13.5 Å². The number of rotatable bonds is 6. The number of amides is 1. The minimum atomic E-state index is 0.172. The van der Waals surface area contributed by atoms with Gasteiger partial charge in [-0.25, -0.2) is 0 Å². The third-order valence-corrected chi connectivity index (χ3v) is 5.12. The van der Waals surface area contributed by atoms with Crippen LogP contribution in [0.2, 0.25) is 0 Å². The molecule has 0 spiro atoms. The molecule has 5 heteroatoms. The van der Waals surface area contributed by atoms with Crippen LogP contribution in [0.25, 0.3) is 0 Å². The minimum Gasteiger partial charge on any atom is -0.497 e.